The van der Waals surface area contributed by atoms with Crippen molar-refractivity contribution in [2.75, 3.05) is 18.0 Å². The van der Waals surface area contributed by atoms with E-state index in [1.807, 2.05) is 18.7 Å². The first-order valence-electron chi connectivity index (χ1n) is 7.43. The maximum Gasteiger partial charge on any atom is 0.240 e. The summed E-state index contributed by atoms with van der Waals surface area (Å²) in [6.07, 6.45) is 2.46. The van der Waals surface area contributed by atoms with Gasteiger partial charge in [0, 0.05) is 13.1 Å². The Morgan fingerprint density at radius 2 is 2.14 bits per heavy atom. The van der Waals surface area contributed by atoms with Crippen LogP contribution in [-0.2, 0) is 21.2 Å². The molecule has 0 spiro atoms. The van der Waals surface area contributed by atoms with Crippen molar-refractivity contribution in [1.29, 1.82) is 0 Å². The number of hydrogen-bond acceptors (Lipinski definition) is 3. The third kappa shape index (κ3) is 2.26. The average Bonchev–Trinajstić information content (AvgIpc) is 2.72. The molecule has 1 aromatic carbocycles. The first kappa shape index (κ1) is 14.5. The molecule has 0 unspecified atom stereocenters. The standard InChI is InChI=1S/C15H20N2O3S/c1-3-6-16-21(19,20)12-8-11-5-4-7-17-14(11)13(9-12)10(2)15(17)18/h8-10,16H,3-7H2,1-2H3/t10-/m1/s1. The summed E-state index contributed by atoms with van der Waals surface area (Å²) in [4.78, 5) is 14.4. The molecule has 3 rings (SSSR count). The first-order valence-corrected chi connectivity index (χ1v) is 8.92. The molecule has 0 saturated carbocycles. The zero-order valence-electron chi connectivity index (χ0n) is 12.3. The highest BCUT2D eigenvalue weighted by molar-refractivity contribution is 7.89. The molecule has 0 saturated heterocycles. The van der Waals surface area contributed by atoms with Crippen molar-refractivity contribution in [3.05, 3.63) is 23.3 Å². The Balaban J connectivity index is 2.10. The van der Waals surface area contributed by atoms with Crippen molar-refractivity contribution in [3.8, 4) is 0 Å². The summed E-state index contributed by atoms with van der Waals surface area (Å²) in [6.45, 7) is 4.94. The largest absolute Gasteiger partial charge is 0.311 e. The number of carbonyl (C=O) groups is 1. The topological polar surface area (TPSA) is 66.5 Å². The highest BCUT2D eigenvalue weighted by Gasteiger charge is 2.38. The second kappa shape index (κ2) is 5.10. The molecule has 0 bridgehead atoms. The van der Waals surface area contributed by atoms with Crippen molar-refractivity contribution in [3.63, 3.8) is 0 Å². The highest BCUT2D eigenvalue weighted by Crippen LogP contribution is 2.43. The number of hydrogen-bond donors (Lipinski definition) is 1. The fraction of sp³-hybridized carbons (Fsp3) is 0.533. The number of sulfonamides is 1. The van der Waals surface area contributed by atoms with E-state index in [2.05, 4.69) is 4.72 Å². The van der Waals surface area contributed by atoms with E-state index < -0.39 is 10.0 Å². The van der Waals surface area contributed by atoms with Gasteiger partial charge in [-0.15, -0.1) is 0 Å². The summed E-state index contributed by atoms with van der Waals surface area (Å²) in [6, 6.07) is 3.40. The molecule has 2 aliphatic rings. The summed E-state index contributed by atoms with van der Waals surface area (Å²) >= 11 is 0. The SMILES string of the molecule is CCCNS(=O)(=O)c1cc2c3c(c1)[C@@H](C)C(=O)N3CCC2. The summed E-state index contributed by atoms with van der Waals surface area (Å²) < 4.78 is 27.3. The third-order valence-corrected chi connectivity index (χ3v) is 5.69. The lowest BCUT2D eigenvalue weighted by Crippen LogP contribution is -2.32. The minimum Gasteiger partial charge on any atom is -0.311 e. The van der Waals surface area contributed by atoms with Gasteiger partial charge in [-0.25, -0.2) is 13.1 Å². The molecule has 1 atom stereocenters. The monoisotopic (exact) mass is 308 g/mol. The van der Waals surface area contributed by atoms with Gasteiger partial charge in [0.05, 0.1) is 16.5 Å². The number of amides is 1. The van der Waals surface area contributed by atoms with Crippen molar-refractivity contribution in [2.45, 2.75) is 43.9 Å². The second-order valence-electron chi connectivity index (χ2n) is 5.73. The molecule has 0 aromatic heterocycles. The smallest absolute Gasteiger partial charge is 0.240 e. The number of rotatable bonds is 4. The molecule has 1 amide bonds. The van der Waals surface area contributed by atoms with Gasteiger partial charge in [0.2, 0.25) is 15.9 Å². The van der Waals surface area contributed by atoms with Crippen molar-refractivity contribution in [2.24, 2.45) is 0 Å². The Morgan fingerprint density at radius 1 is 1.38 bits per heavy atom. The molecule has 0 radical (unpaired) electrons. The maximum absolute atomic E-state index is 12.3. The fourth-order valence-electron chi connectivity index (χ4n) is 3.14. The maximum atomic E-state index is 12.3. The van der Waals surface area contributed by atoms with Gasteiger partial charge in [0.15, 0.2) is 0 Å². The number of aryl methyl sites for hydroxylation is 1. The van der Waals surface area contributed by atoms with Crippen LogP contribution in [0.15, 0.2) is 17.0 Å². The van der Waals surface area contributed by atoms with E-state index in [0.717, 1.165) is 42.6 Å². The van der Waals surface area contributed by atoms with Gasteiger partial charge in [0.1, 0.15) is 0 Å². The van der Waals surface area contributed by atoms with Crippen molar-refractivity contribution >= 4 is 21.6 Å². The number of anilines is 1. The Labute approximate surface area is 125 Å². The minimum atomic E-state index is -3.49. The van der Waals surface area contributed by atoms with E-state index >= 15 is 0 Å². The van der Waals surface area contributed by atoms with Crippen molar-refractivity contribution < 1.29 is 13.2 Å². The van der Waals surface area contributed by atoms with Crippen LogP contribution in [0, 0.1) is 0 Å². The van der Waals surface area contributed by atoms with Gasteiger partial charge >= 0.3 is 0 Å². The van der Waals surface area contributed by atoms with Gasteiger partial charge in [0.25, 0.3) is 0 Å². The molecular formula is C15H20N2O3S. The molecule has 6 heteroatoms. The fourth-order valence-corrected chi connectivity index (χ4v) is 4.36. The zero-order chi connectivity index (χ0) is 15.2. The quantitative estimate of drug-likeness (QED) is 0.922. The first-order chi connectivity index (χ1) is 9.95. The van der Waals surface area contributed by atoms with Crippen LogP contribution in [0.5, 0.6) is 0 Å². The van der Waals surface area contributed by atoms with Gasteiger partial charge in [-0.1, -0.05) is 6.92 Å². The van der Waals surface area contributed by atoms with E-state index in [4.69, 9.17) is 0 Å². The van der Waals surface area contributed by atoms with Gasteiger partial charge in [-0.3, -0.25) is 4.79 Å². The third-order valence-electron chi connectivity index (χ3n) is 4.24. The Kier molecular flexibility index (Phi) is 3.53. The van der Waals surface area contributed by atoms with Crippen LogP contribution in [0.1, 0.15) is 43.7 Å². The van der Waals surface area contributed by atoms with Gasteiger partial charge in [-0.2, -0.15) is 0 Å². The second-order valence-corrected chi connectivity index (χ2v) is 7.50. The van der Waals surface area contributed by atoms with Crippen LogP contribution >= 0.6 is 0 Å². The molecule has 21 heavy (non-hydrogen) atoms. The van der Waals surface area contributed by atoms with Crippen LogP contribution in [0.25, 0.3) is 0 Å². The number of nitrogens with one attached hydrogen (secondary N) is 1. The van der Waals surface area contributed by atoms with Crippen LogP contribution in [0.2, 0.25) is 0 Å². The van der Waals surface area contributed by atoms with Crippen LogP contribution in [0.4, 0.5) is 5.69 Å². The van der Waals surface area contributed by atoms with Crippen LogP contribution in [0.3, 0.4) is 0 Å². The Morgan fingerprint density at radius 3 is 2.86 bits per heavy atom. The number of nitrogens with zero attached hydrogens (tertiary/aromatic N) is 1. The molecule has 5 nitrogen and oxygen atoms in total. The lowest BCUT2D eigenvalue weighted by molar-refractivity contribution is -0.119. The molecular weight excluding hydrogens is 288 g/mol. The van der Waals surface area contributed by atoms with E-state index in [1.165, 1.54) is 0 Å². The van der Waals surface area contributed by atoms with Gasteiger partial charge in [-0.05, 0) is 49.4 Å². The van der Waals surface area contributed by atoms with Gasteiger partial charge < -0.3 is 4.90 Å². The average molecular weight is 308 g/mol. The molecule has 114 valence electrons. The Hall–Kier alpha value is -1.40. The van der Waals surface area contributed by atoms with E-state index in [0.29, 0.717) is 6.54 Å². The van der Waals surface area contributed by atoms with E-state index in [1.54, 1.807) is 12.1 Å². The summed E-state index contributed by atoms with van der Waals surface area (Å²) in [7, 11) is -3.49. The molecule has 0 aliphatic carbocycles. The zero-order valence-corrected chi connectivity index (χ0v) is 13.2. The minimum absolute atomic E-state index is 0.0852. The summed E-state index contributed by atoms with van der Waals surface area (Å²) in [5.74, 6) is -0.166. The molecule has 1 N–H and O–H groups in total. The molecule has 2 aliphatic heterocycles. The molecule has 0 fully saturated rings. The van der Waals surface area contributed by atoms with E-state index in [9.17, 15) is 13.2 Å². The highest BCUT2D eigenvalue weighted by atomic mass is 32.2. The predicted octanol–water partition coefficient (Wildman–Crippen LogP) is 1.77. The lowest BCUT2D eigenvalue weighted by Gasteiger charge is -2.25. The lowest BCUT2D eigenvalue weighted by atomic mass is 9.97. The molecule has 1 aromatic rings. The Bertz CT molecular complexity index is 697. The summed E-state index contributed by atoms with van der Waals surface area (Å²) in [5.41, 5.74) is 2.79. The van der Waals surface area contributed by atoms with Crippen LogP contribution in [-0.4, -0.2) is 27.4 Å². The molecule has 2 heterocycles. The predicted molar refractivity (Wildman–Crippen MR) is 81.0 cm³/mol. The van der Waals surface area contributed by atoms with E-state index in [-0.39, 0.29) is 16.7 Å². The number of benzene rings is 1. The summed E-state index contributed by atoms with van der Waals surface area (Å²) in [5, 5.41) is 0. The van der Waals surface area contributed by atoms with Crippen molar-refractivity contribution in [1.82, 2.24) is 4.72 Å². The van der Waals surface area contributed by atoms with Crippen LogP contribution < -0.4 is 9.62 Å². The normalized spacial score (nSPS) is 20.8. The number of carbonyl (C=O) groups excluding carboxylic acids is 1.